The van der Waals surface area contributed by atoms with Gasteiger partial charge in [-0.25, -0.2) is 0 Å². The van der Waals surface area contributed by atoms with Crippen molar-refractivity contribution in [1.82, 2.24) is 4.90 Å². The topological polar surface area (TPSA) is 32.7 Å². The second kappa shape index (κ2) is 8.70. The van der Waals surface area contributed by atoms with Crippen LogP contribution in [0.15, 0.2) is 54.6 Å². The molecule has 3 nitrogen and oxygen atoms in total. The van der Waals surface area contributed by atoms with Gasteiger partial charge in [0.25, 0.3) is 0 Å². The molecule has 1 aliphatic rings. The van der Waals surface area contributed by atoms with Gasteiger partial charge in [0.2, 0.25) is 0 Å². The molecule has 0 aromatic heterocycles. The summed E-state index contributed by atoms with van der Waals surface area (Å²) in [6.45, 7) is 7.72. The van der Waals surface area contributed by atoms with Gasteiger partial charge in [0.1, 0.15) is 18.5 Å². The number of piperidine rings is 1. The van der Waals surface area contributed by atoms with E-state index in [0.29, 0.717) is 13.2 Å². The van der Waals surface area contributed by atoms with Crippen molar-refractivity contribution in [2.45, 2.75) is 44.6 Å². The quantitative estimate of drug-likeness (QED) is 0.808. The third-order valence-corrected chi connectivity index (χ3v) is 5.43. The van der Waals surface area contributed by atoms with Crippen LogP contribution in [0.25, 0.3) is 0 Å². The molecule has 1 N–H and O–H groups in total. The van der Waals surface area contributed by atoms with E-state index in [2.05, 4.69) is 55.1 Å². The van der Waals surface area contributed by atoms with Crippen molar-refractivity contribution >= 4 is 0 Å². The Bertz CT molecular complexity index is 660. The number of rotatable bonds is 7. The van der Waals surface area contributed by atoms with Crippen LogP contribution in [-0.2, 0) is 5.41 Å². The maximum Gasteiger partial charge on any atom is 0.119 e. The smallest absolute Gasteiger partial charge is 0.119 e. The van der Waals surface area contributed by atoms with Crippen molar-refractivity contribution in [3.8, 4) is 5.75 Å². The number of ether oxygens (including phenoxy) is 1. The summed E-state index contributed by atoms with van der Waals surface area (Å²) in [6, 6.07) is 18.8. The molecule has 0 radical (unpaired) electrons. The van der Waals surface area contributed by atoms with Crippen molar-refractivity contribution in [3.63, 3.8) is 0 Å². The summed E-state index contributed by atoms with van der Waals surface area (Å²) < 4.78 is 5.81. The number of hydrogen-bond donors (Lipinski definition) is 1. The average Bonchev–Trinajstić information content (AvgIpc) is 2.68. The molecule has 0 aliphatic carbocycles. The molecule has 1 atom stereocenters. The number of β-amino-alcohol motifs (C(OH)–C–C–N with tert-alkyl or cyclic N) is 1. The van der Waals surface area contributed by atoms with E-state index in [4.69, 9.17) is 4.74 Å². The first kappa shape index (κ1) is 18.9. The largest absolute Gasteiger partial charge is 0.491 e. The molecule has 1 fully saturated rings. The SMILES string of the molecule is CC(C)(c1ccccc1)c1ccc(OCC(O)CN2CCCCC2)cc1. The van der Waals surface area contributed by atoms with Gasteiger partial charge in [-0.05, 0) is 49.2 Å². The number of likely N-dealkylation sites (tertiary alicyclic amines) is 1. The third-order valence-electron chi connectivity index (χ3n) is 5.43. The molecule has 140 valence electrons. The van der Waals surface area contributed by atoms with Gasteiger partial charge in [-0.15, -0.1) is 0 Å². The van der Waals surface area contributed by atoms with Gasteiger partial charge in [-0.3, -0.25) is 0 Å². The first-order valence-electron chi connectivity index (χ1n) is 9.75. The van der Waals surface area contributed by atoms with Crippen LogP contribution >= 0.6 is 0 Å². The molecule has 0 bridgehead atoms. The second-order valence-electron chi connectivity index (χ2n) is 7.84. The lowest BCUT2D eigenvalue weighted by atomic mass is 9.78. The van der Waals surface area contributed by atoms with Crippen LogP contribution in [0.2, 0.25) is 0 Å². The summed E-state index contributed by atoms with van der Waals surface area (Å²) in [5.74, 6) is 0.815. The monoisotopic (exact) mass is 353 g/mol. The molecule has 1 aliphatic heterocycles. The highest BCUT2D eigenvalue weighted by molar-refractivity contribution is 5.39. The molecule has 26 heavy (non-hydrogen) atoms. The Labute approximate surface area is 157 Å². The van der Waals surface area contributed by atoms with Crippen LogP contribution in [0.5, 0.6) is 5.75 Å². The van der Waals surface area contributed by atoms with Gasteiger partial charge in [-0.2, -0.15) is 0 Å². The summed E-state index contributed by atoms with van der Waals surface area (Å²) >= 11 is 0. The van der Waals surface area contributed by atoms with E-state index in [-0.39, 0.29) is 5.41 Å². The zero-order valence-electron chi connectivity index (χ0n) is 16.0. The average molecular weight is 354 g/mol. The first-order chi connectivity index (χ1) is 12.6. The van der Waals surface area contributed by atoms with Crippen LogP contribution < -0.4 is 4.74 Å². The van der Waals surface area contributed by atoms with E-state index >= 15 is 0 Å². The highest BCUT2D eigenvalue weighted by Crippen LogP contribution is 2.32. The molecular weight excluding hydrogens is 322 g/mol. The number of nitrogens with zero attached hydrogens (tertiary/aromatic N) is 1. The Morgan fingerprint density at radius 3 is 2.19 bits per heavy atom. The van der Waals surface area contributed by atoms with Gasteiger partial charge < -0.3 is 14.7 Å². The summed E-state index contributed by atoms with van der Waals surface area (Å²) in [5, 5.41) is 10.2. The van der Waals surface area contributed by atoms with Crippen LogP contribution in [0.1, 0.15) is 44.2 Å². The van der Waals surface area contributed by atoms with Crippen molar-refractivity contribution in [2.24, 2.45) is 0 Å². The molecule has 2 aromatic rings. The van der Waals surface area contributed by atoms with E-state index in [1.165, 1.54) is 30.4 Å². The van der Waals surface area contributed by atoms with E-state index in [9.17, 15) is 5.11 Å². The molecule has 2 aromatic carbocycles. The van der Waals surface area contributed by atoms with Gasteiger partial charge in [-0.1, -0.05) is 62.7 Å². The summed E-state index contributed by atoms with van der Waals surface area (Å²) in [6.07, 6.45) is 3.36. The van der Waals surface area contributed by atoms with E-state index in [1.807, 2.05) is 18.2 Å². The molecular formula is C23H31NO2. The normalized spacial score (nSPS) is 17.0. The first-order valence-corrected chi connectivity index (χ1v) is 9.75. The predicted octanol–water partition coefficient (Wildman–Crippen LogP) is 4.24. The lowest BCUT2D eigenvalue weighted by Gasteiger charge is -2.28. The highest BCUT2D eigenvalue weighted by atomic mass is 16.5. The van der Waals surface area contributed by atoms with E-state index in [1.54, 1.807) is 0 Å². The van der Waals surface area contributed by atoms with Gasteiger partial charge in [0.15, 0.2) is 0 Å². The van der Waals surface area contributed by atoms with Gasteiger partial charge in [0.05, 0.1) is 0 Å². The van der Waals surface area contributed by atoms with Crippen LogP contribution in [-0.4, -0.2) is 42.4 Å². The van der Waals surface area contributed by atoms with E-state index < -0.39 is 6.10 Å². The highest BCUT2D eigenvalue weighted by Gasteiger charge is 2.22. The van der Waals surface area contributed by atoms with Crippen molar-refractivity contribution in [2.75, 3.05) is 26.2 Å². The zero-order chi connectivity index (χ0) is 18.4. The van der Waals surface area contributed by atoms with Crippen LogP contribution in [0, 0.1) is 0 Å². The minimum atomic E-state index is -0.437. The maximum atomic E-state index is 10.2. The van der Waals surface area contributed by atoms with Gasteiger partial charge in [0, 0.05) is 12.0 Å². The molecule has 1 saturated heterocycles. The standard InChI is InChI=1S/C23H31NO2/c1-23(2,19-9-5-3-6-10-19)20-11-13-22(14-12-20)26-18-21(25)17-24-15-7-4-8-16-24/h3,5-6,9-14,21,25H,4,7-8,15-18H2,1-2H3. The Balaban J connectivity index is 1.54. The van der Waals surface area contributed by atoms with Gasteiger partial charge >= 0.3 is 0 Å². The summed E-state index contributed by atoms with van der Waals surface area (Å²) in [5.41, 5.74) is 2.50. The lowest BCUT2D eigenvalue weighted by Crippen LogP contribution is -2.38. The second-order valence-corrected chi connectivity index (χ2v) is 7.84. The molecule has 3 heteroatoms. The zero-order valence-corrected chi connectivity index (χ0v) is 16.0. The fourth-order valence-corrected chi connectivity index (χ4v) is 3.67. The molecule has 3 rings (SSSR count). The third kappa shape index (κ3) is 4.87. The molecule has 1 unspecified atom stereocenters. The summed E-state index contributed by atoms with van der Waals surface area (Å²) in [4.78, 5) is 2.34. The minimum Gasteiger partial charge on any atom is -0.491 e. The van der Waals surface area contributed by atoms with E-state index in [0.717, 1.165) is 18.8 Å². The predicted molar refractivity (Wildman–Crippen MR) is 107 cm³/mol. The number of hydrogen-bond acceptors (Lipinski definition) is 3. The number of aliphatic hydroxyl groups is 1. The minimum absolute atomic E-state index is 0.0480. The fraction of sp³-hybridized carbons (Fsp3) is 0.478. The Hall–Kier alpha value is -1.84. The fourth-order valence-electron chi connectivity index (χ4n) is 3.67. The van der Waals surface area contributed by atoms with Crippen molar-refractivity contribution in [1.29, 1.82) is 0 Å². The molecule has 0 saturated carbocycles. The van der Waals surface area contributed by atoms with Crippen molar-refractivity contribution < 1.29 is 9.84 Å². The summed E-state index contributed by atoms with van der Waals surface area (Å²) in [7, 11) is 0. The Morgan fingerprint density at radius 2 is 1.54 bits per heavy atom. The molecule has 1 heterocycles. The van der Waals surface area contributed by atoms with Crippen molar-refractivity contribution in [3.05, 3.63) is 65.7 Å². The number of benzene rings is 2. The molecule has 0 amide bonds. The lowest BCUT2D eigenvalue weighted by molar-refractivity contribution is 0.0617. The number of aliphatic hydroxyl groups excluding tert-OH is 1. The van der Waals surface area contributed by atoms with Crippen LogP contribution in [0.4, 0.5) is 0 Å². The Morgan fingerprint density at radius 1 is 0.923 bits per heavy atom. The Kier molecular flexibility index (Phi) is 6.33. The molecule has 0 spiro atoms. The van der Waals surface area contributed by atoms with Crippen LogP contribution in [0.3, 0.4) is 0 Å². The maximum absolute atomic E-state index is 10.2.